The van der Waals surface area contributed by atoms with Crippen LogP contribution in [0.3, 0.4) is 0 Å². The van der Waals surface area contributed by atoms with Crippen molar-refractivity contribution in [2.45, 2.75) is 13.0 Å². The fraction of sp³-hybridized carbons (Fsp3) is 0.286. The first-order valence-corrected chi connectivity index (χ1v) is 6.93. The third-order valence-electron chi connectivity index (χ3n) is 2.75. The number of aromatic nitrogens is 1. The maximum absolute atomic E-state index is 11.7. The van der Waals surface area contributed by atoms with E-state index < -0.39 is 0 Å². The molecule has 0 aliphatic carbocycles. The number of amides is 1. The third-order valence-corrected chi connectivity index (χ3v) is 3.81. The molecular weight excluding hydrogens is 258 g/mol. The summed E-state index contributed by atoms with van der Waals surface area (Å²) >= 11 is 1.71. The molecule has 2 heterocycles. The van der Waals surface area contributed by atoms with Gasteiger partial charge in [0.15, 0.2) is 0 Å². The number of nitrogens with zero attached hydrogens (tertiary/aromatic N) is 2. The number of hydrogen-bond acceptors (Lipinski definition) is 4. The molecule has 2 aromatic rings. The lowest BCUT2D eigenvalue weighted by molar-refractivity contribution is 0.0827. The number of hydrogen-bond donors (Lipinski definition) is 1. The van der Waals surface area contributed by atoms with Gasteiger partial charge in [0, 0.05) is 25.2 Å². The van der Waals surface area contributed by atoms with E-state index in [2.05, 4.69) is 28.7 Å². The fourth-order valence-corrected chi connectivity index (χ4v) is 2.43. The summed E-state index contributed by atoms with van der Waals surface area (Å²) in [6.45, 7) is 2.09. The predicted octanol–water partition coefficient (Wildman–Crippen LogP) is 3.02. The summed E-state index contributed by atoms with van der Waals surface area (Å²) in [5.41, 5.74) is 0.597. The summed E-state index contributed by atoms with van der Waals surface area (Å²) in [5, 5.41) is 5.37. The Labute approximate surface area is 117 Å². The molecule has 1 unspecified atom stereocenters. The molecule has 4 nitrogen and oxygen atoms in total. The SMILES string of the molecule is CC(Nc1ccc(C(=O)N(C)C)cn1)c1cccs1. The number of rotatable bonds is 4. The average Bonchev–Trinajstić information content (AvgIpc) is 2.92. The fourth-order valence-electron chi connectivity index (χ4n) is 1.69. The molecule has 1 atom stereocenters. The molecule has 5 heteroatoms. The molecule has 0 spiro atoms. The van der Waals surface area contributed by atoms with Gasteiger partial charge < -0.3 is 10.2 Å². The molecule has 100 valence electrons. The van der Waals surface area contributed by atoms with Crippen molar-refractivity contribution in [1.29, 1.82) is 0 Å². The molecule has 0 saturated carbocycles. The first-order chi connectivity index (χ1) is 9.08. The van der Waals surface area contributed by atoms with Crippen molar-refractivity contribution in [3.63, 3.8) is 0 Å². The summed E-state index contributed by atoms with van der Waals surface area (Å²) in [4.78, 5) is 18.8. The Morgan fingerprint density at radius 2 is 2.16 bits per heavy atom. The van der Waals surface area contributed by atoms with Crippen LogP contribution in [0.1, 0.15) is 28.2 Å². The molecule has 0 aliphatic heterocycles. The van der Waals surface area contributed by atoms with E-state index in [0.29, 0.717) is 5.56 Å². The van der Waals surface area contributed by atoms with Crippen LogP contribution in [-0.4, -0.2) is 29.9 Å². The summed E-state index contributed by atoms with van der Waals surface area (Å²) < 4.78 is 0. The van der Waals surface area contributed by atoms with Crippen LogP contribution in [0.25, 0.3) is 0 Å². The van der Waals surface area contributed by atoms with Gasteiger partial charge in [0.05, 0.1) is 11.6 Å². The van der Waals surface area contributed by atoms with Crippen LogP contribution in [0, 0.1) is 0 Å². The first kappa shape index (κ1) is 13.5. The van der Waals surface area contributed by atoms with Crippen molar-refractivity contribution in [2.75, 3.05) is 19.4 Å². The minimum Gasteiger partial charge on any atom is -0.363 e. The van der Waals surface area contributed by atoms with E-state index in [1.807, 2.05) is 12.1 Å². The van der Waals surface area contributed by atoms with Crippen LogP contribution in [0.2, 0.25) is 0 Å². The summed E-state index contributed by atoms with van der Waals surface area (Å²) in [7, 11) is 3.46. The van der Waals surface area contributed by atoms with Gasteiger partial charge >= 0.3 is 0 Å². The van der Waals surface area contributed by atoms with Gasteiger partial charge in [-0.25, -0.2) is 4.98 Å². The summed E-state index contributed by atoms with van der Waals surface area (Å²) in [6.07, 6.45) is 1.60. The van der Waals surface area contributed by atoms with Gasteiger partial charge in [-0.2, -0.15) is 0 Å². The lowest BCUT2D eigenvalue weighted by atomic mass is 10.2. The van der Waals surface area contributed by atoms with Crippen LogP contribution in [-0.2, 0) is 0 Å². The average molecular weight is 275 g/mol. The van der Waals surface area contributed by atoms with E-state index in [0.717, 1.165) is 5.82 Å². The standard InChI is InChI=1S/C14H17N3OS/c1-10(12-5-4-8-19-12)16-13-7-6-11(9-15-13)14(18)17(2)3/h4-10H,1-3H3,(H,15,16). The monoisotopic (exact) mass is 275 g/mol. The number of nitrogens with one attached hydrogen (secondary N) is 1. The number of carbonyl (C=O) groups excluding carboxylic acids is 1. The zero-order chi connectivity index (χ0) is 13.8. The van der Waals surface area contributed by atoms with Crippen LogP contribution < -0.4 is 5.32 Å². The third kappa shape index (κ3) is 3.32. The number of pyridine rings is 1. The largest absolute Gasteiger partial charge is 0.363 e. The Balaban J connectivity index is 2.05. The van der Waals surface area contributed by atoms with Gasteiger partial charge in [-0.15, -0.1) is 11.3 Å². The lowest BCUT2D eigenvalue weighted by Crippen LogP contribution is -2.21. The first-order valence-electron chi connectivity index (χ1n) is 6.05. The molecule has 0 saturated heterocycles. The molecule has 1 amide bonds. The summed E-state index contributed by atoms with van der Waals surface area (Å²) in [6, 6.07) is 7.96. The maximum atomic E-state index is 11.7. The van der Waals surface area contributed by atoms with Crippen molar-refractivity contribution >= 4 is 23.1 Å². The smallest absolute Gasteiger partial charge is 0.254 e. The number of thiophene rings is 1. The topological polar surface area (TPSA) is 45.2 Å². The summed E-state index contributed by atoms with van der Waals surface area (Å²) in [5.74, 6) is 0.738. The van der Waals surface area contributed by atoms with Crippen molar-refractivity contribution in [1.82, 2.24) is 9.88 Å². The molecule has 19 heavy (non-hydrogen) atoms. The van der Waals surface area contributed by atoms with E-state index in [9.17, 15) is 4.79 Å². The Morgan fingerprint density at radius 1 is 1.37 bits per heavy atom. The minimum absolute atomic E-state index is 0.0367. The van der Waals surface area contributed by atoms with Gasteiger partial charge in [0.25, 0.3) is 5.91 Å². The molecule has 0 bridgehead atoms. The van der Waals surface area contributed by atoms with Crippen molar-refractivity contribution in [2.24, 2.45) is 0 Å². The molecule has 0 fully saturated rings. The van der Waals surface area contributed by atoms with Crippen molar-refractivity contribution < 1.29 is 4.79 Å². The Hall–Kier alpha value is -1.88. The molecule has 0 aliphatic rings. The Kier molecular flexibility index (Phi) is 4.16. The minimum atomic E-state index is -0.0367. The van der Waals surface area contributed by atoms with Gasteiger partial charge in [-0.05, 0) is 30.5 Å². The zero-order valence-electron chi connectivity index (χ0n) is 11.3. The number of anilines is 1. The van der Waals surface area contributed by atoms with E-state index in [-0.39, 0.29) is 11.9 Å². The number of carbonyl (C=O) groups is 1. The highest BCUT2D eigenvalue weighted by molar-refractivity contribution is 7.10. The highest BCUT2D eigenvalue weighted by atomic mass is 32.1. The van der Waals surface area contributed by atoms with Crippen molar-refractivity contribution in [3.8, 4) is 0 Å². The highest BCUT2D eigenvalue weighted by Gasteiger charge is 2.10. The van der Waals surface area contributed by atoms with Gasteiger partial charge in [0.1, 0.15) is 5.82 Å². The van der Waals surface area contributed by atoms with Gasteiger partial charge in [0.2, 0.25) is 0 Å². The molecule has 0 radical (unpaired) electrons. The Morgan fingerprint density at radius 3 is 2.68 bits per heavy atom. The normalized spacial score (nSPS) is 11.9. The van der Waals surface area contributed by atoms with Crippen LogP contribution in [0.5, 0.6) is 0 Å². The van der Waals surface area contributed by atoms with E-state index in [1.54, 1.807) is 42.6 Å². The molecule has 1 N–H and O–H groups in total. The van der Waals surface area contributed by atoms with E-state index in [1.165, 1.54) is 4.88 Å². The molecule has 2 rings (SSSR count). The van der Waals surface area contributed by atoms with E-state index >= 15 is 0 Å². The highest BCUT2D eigenvalue weighted by Crippen LogP contribution is 2.22. The second-order valence-corrected chi connectivity index (χ2v) is 5.49. The second-order valence-electron chi connectivity index (χ2n) is 4.51. The Bertz CT molecular complexity index is 534. The van der Waals surface area contributed by atoms with Gasteiger partial charge in [-0.1, -0.05) is 6.07 Å². The second kappa shape index (κ2) is 5.84. The molecule has 2 aromatic heterocycles. The van der Waals surface area contributed by atoms with Crippen LogP contribution in [0.15, 0.2) is 35.8 Å². The maximum Gasteiger partial charge on any atom is 0.254 e. The predicted molar refractivity (Wildman–Crippen MR) is 78.6 cm³/mol. The van der Waals surface area contributed by atoms with Crippen molar-refractivity contribution in [3.05, 3.63) is 46.3 Å². The zero-order valence-corrected chi connectivity index (χ0v) is 12.1. The van der Waals surface area contributed by atoms with E-state index in [4.69, 9.17) is 0 Å². The lowest BCUT2D eigenvalue weighted by Gasteiger charge is -2.14. The quantitative estimate of drug-likeness (QED) is 0.933. The molecular formula is C14H17N3OS. The molecule has 0 aromatic carbocycles. The van der Waals surface area contributed by atoms with Crippen LogP contribution >= 0.6 is 11.3 Å². The van der Waals surface area contributed by atoms with Gasteiger partial charge in [-0.3, -0.25) is 4.79 Å². The van der Waals surface area contributed by atoms with Crippen LogP contribution in [0.4, 0.5) is 5.82 Å².